The zero-order valence-electron chi connectivity index (χ0n) is 14.0. The summed E-state index contributed by atoms with van der Waals surface area (Å²) in [6.07, 6.45) is -0.923. The van der Waals surface area contributed by atoms with Crippen molar-refractivity contribution in [3.8, 4) is 5.75 Å². The normalized spacial score (nSPS) is 11.4. The third-order valence-corrected chi connectivity index (χ3v) is 3.46. The summed E-state index contributed by atoms with van der Waals surface area (Å²) in [5.41, 5.74) is 1.50. The highest BCUT2D eigenvalue weighted by Gasteiger charge is 2.19. The number of carboxylic acids is 1. The highest BCUT2D eigenvalue weighted by Crippen LogP contribution is 2.22. The van der Waals surface area contributed by atoms with Gasteiger partial charge in [-0.2, -0.15) is 0 Å². The molecule has 0 fully saturated rings. The average molecular weight is 343 g/mol. The van der Waals surface area contributed by atoms with E-state index in [4.69, 9.17) is 14.6 Å². The number of hydrogen-bond acceptors (Lipinski definition) is 4. The van der Waals surface area contributed by atoms with E-state index in [2.05, 4.69) is 5.32 Å². The largest absolute Gasteiger partial charge is 0.494 e. The van der Waals surface area contributed by atoms with Crippen LogP contribution in [0.1, 0.15) is 30.5 Å². The molecule has 0 spiro atoms. The number of ether oxygens (including phenoxy) is 2. The monoisotopic (exact) mass is 343 g/mol. The van der Waals surface area contributed by atoms with Crippen molar-refractivity contribution in [2.45, 2.75) is 26.0 Å². The Morgan fingerprint density at radius 3 is 2.56 bits per heavy atom. The molecule has 0 radical (unpaired) electrons. The molecule has 25 heavy (non-hydrogen) atoms. The molecule has 0 heterocycles. The standard InChI is InChI=1S/C19H21NO5/c1-2-24-16-10-6-9-15(11-16)17(12-18(21)22)20-19(23)25-13-14-7-4-3-5-8-14/h3-11,17H,2,12-13H2,1H3,(H,20,23)(H,21,22). The summed E-state index contributed by atoms with van der Waals surface area (Å²) >= 11 is 0. The second kappa shape index (κ2) is 9.32. The fraction of sp³-hybridized carbons (Fsp3) is 0.263. The molecule has 2 aromatic carbocycles. The lowest BCUT2D eigenvalue weighted by atomic mass is 10.0. The van der Waals surface area contributed by atoms with E-state index in [1.807, 2.05) is 37.3 Å². The number of carbonyl (C=O) groups is 2. The van der Waals surface area contributed by atoms with Crippen LogP contribution in [0.25, 0.3) is 0 Å². The van der Waals surface area contributed by atoms with Crippen LogP contribution in [0.3, 0.4) is 0 Å². The van der Waals surface area contributed by atoms with Crippen LogP contribution in [-0.4, -0.2) is 23.8 Å². The summed E-state index contributed by atoms with van der Waals surface area (Å²) in [5, 5.41) is 11.7. The Morgan fingerprint density at radius 2 is 1.88 bits per heavy atom. The third-order valence-electron chi connectivity index (χ3n) is 3.46. The molecule has 0 aliphatic heterocycles. The van der Waals surface area contributed by atoms with Crippen LogP contribution in [0.15, 0.2) is 54.6 Å². The van der Waals surface area contributed by atoms with E-state index in [0.29, 0.717) is 17.9 Å². The van der Waals surface area contributed by atoms with E-state index in [1.54, 1.807) is 24.3 Å². The van der Waals surface area contributed by atoms with Gasteiger partial charge in [-0.05, 0) is 30.2 Å². The van der Waals surface area contributed by atoms with Gasteiger partial charge in [-0.25, -0.2) is 4.79 Å². The first-order chi connectivity index (χ1) is 12.1. The second-order valence-electron chi connectivity index (χ2n) is 5.36. The molecule has 0 aliphatic rings. The Hall–Kier alpha value is -3.02. The highest BCUT2D eigenvalue weighted by atomic mass is 16.5. The molecule has 0 saturated heterocycles. The molecule has 0 aliphatic carbocycles. The predicted molar refractivity (Wildman–Crippen MR) is 92.4 cm³/mol. The third kappa shape index (κ3) is 6.18. The van der Waals surface area contributed by atoms with Gasteiger partial charge >= 0.3 is 12.1 Å². The van der Waals surface area contributed by atoms with Crippen molar-refractivity contribution in [3.05, 3.63) is 65.7 Å². The van der Waals surface area contributed by atoms with Gasteiger partial charge in [0.15, 0.2) is 0 Å². The van der Waals surface area contributed by atoms with Gasteiger partial charge in [0.25, 0.3) is 0 Å². The first kappa shape index (κ1) is 18.3. The summed E-state index contributed by atoms with van der Waals surface area (Å²) in [6.45, 7) is 2.48. The van der Waals surface area contributed by atoms with Crippen molar-refractivity contribution in [3.63, 3.8) is 0 Å². The molecule has 1 atom stereocenters. The molecule has 1 unspecified atom stereocenters. The van der Waals surface area contributed by atoms with Crippen LogP contribution < -0.4 is 10.1 Å². The van der Waals surface area contributed by atoms with E-state index in [0.717, 1.165) is 5.56 Å². The molecule has 132 valence electrons. The van der Waals surface area contributed by atoms with Crippen LogP contribution in [0.2, 0.25) is 0 Å². The Balaban J connectivity index is 2.02. The number of hydrogen-bond donors (Lipinski definition) is 2. The van der Waals surface area contributed by atoms with Crippen LogP contribution in [0, 0.1) is 0 Å². The topological polar surface area (TPSA) is 84.9 Å². The summed E-state index contributed by atoms with van der Waals surface area (Å²) in [5.74, 6) is -0.398. The highest BCUT2D eigenvalue weighted by molar-refractivity contribution is 5.72. The van der Waals surface area contributed by atoms with Gasteiger partial charge in [-0.1, -0.05) is 42.5 Å². The van der Waals surface area contributed by atoms with E-state index in [9.17, 15) is 9.59 Å². The number of carbonyl (C=O) groups excluding carboxylic acids is 1. The van der Waals surface area contributed by atoms with Gasteiger partial charge < -0.3 is 19.9 Å². The zero-order valence-corrected chi connectivity index (χ0v) is 14.0. The van der Waals surface area contributed by atoms with Crippen LogP contribution in [0.5, 0.6) is 5.75 Å². The quantitative estimate of drug-likeness (QED) is 0.766. The zero-order chi connectivity index (χ0) is 18.1. The number of amides is 1. The second-order valence-corrected chi connectivity index (χ2v) is 5.36. The van der Waals surface area contributed by atoms with E-state index < -0.39 is 18.1 Å². The molecule has 1 amide bonds. The molecule has 2 aromatic rings. The predicted octanol–water partition coefficient (Wildman–Crippen LogP) is 3.53. The summed E-state index contributed by atoms with van der Waals surface area (Å²) in [7, 11) is 0. The smallest absolute Gasteiger partial charge is 0.407 e. The number of carboxylic acid groups (broad SMARTS) is 1. The molecular weight excluding hydrogens is 322 g/mol. The fourth-order valence-corrected chi connectivity index (χ4v) is 2.32. The van der Waals surface area contributed by atoms with E-state index in [-0.39, 0.29) is 13.0 Å². The van der Waals surface area contributed by atoms with Crippen molar-refractivity contribution in [2.24, 2.45) is 0 Å². The maximum atomic E-state index is 12.0. The lowest BCUT2D eigenvalue weighted by molar-refractivity contribution is -0.137. The van der Waals surface area contributed by atoms with Crippen molar-refractivity contribution in [1.29, 1.82) is 0 Å². The maximum absolute atomic E-state index is 12.0. The molecule has 2 rings (SSSR count). The van der Waals surface area contributed by atoms with Crippen molar-refractivity contribution in [1.82, 2.24) is 5.32 Å². The lowest BCUT2D eigenvalue weighted by Gasteiger charge is -2.18. The van der Waals surface area contributed by atoms with E-state index in [1.165, 1.54) is 0 Å². The minimum absolute atomic E-state index is 0.117. The Morgan fingerprint density at radius 1 is 1.12 bits per heavy atom. The summed E-state index contributed by atoms with van der Waals surface area (Å²) in [4.78, 5) is 23.2. The summed E-state index contributed by atoms with van der Waals surface area (Å²) < 4.78 is 10.6. The average Bonchev–Trinajstić information content (AvgIpc) is 2.60. The number of aliphatic carboxylic acids is 1. The minimum Gasteiger partial charge on any atom is -0.494 e. The Labute approximate surface area is 146 Å². The van der Waals surface area contributed by atoms with Gasteiger partial charge in [0.05, 0.1) is 19.1 Å². The lowest BCUT2D eigenvalue weighted by Crippen LogP contribution is -2.30. The Kier molecular flexibility index (Phi) is 6.83. The number of benzene rings is 2. The van der Waals surface area contributed by atoms with Gasteiger partial charge in [0, 0.05) is 0 Å². The van der Waals surface area contributed by atoms with Gasteiger partial charge in [-0.15, -0.1) is 0 Å². The maximum Gasteiger partial charge on any atom is 0.407 e. The number of nitrogens with one attached hydrogen (secondary N) is 1. The number of alkyl carbamates (subject to hydrolysis) is 1. The molecule has 0 aromatic heterocycles. The Bertz CT molecular complexity index is 702. The first-order valence-corrected chi connectivity index (χ1v) is 8.00. The van der Waals surface area contributed by atoms with Gasteiger partial charge in [-0.3, -0.25) is 4.79 Å². The van der Waals surface area contributed by atoms with Crippen molar-refractivity contribution < 1.29 is 24.2 Å². The van der Waals surface area contributed by atoms with E-state index >= 15 is 0 Å². The molecule has 2 N–H and O–H groups in total. The molecule has 6 nitrogen and oxygen atoms in total. The van der Waals surface area contributed by atoms with Crippen molar-refractivity contribution >= 4 is 12.1 Å². The van der Waals surface area contributed by atoms with Crippen LogP contribution >= 0.6 is 0 Å². The molecule has 0 bridgehead atoms. The molecule has 6 heteroatoms. The number of rotatable bonds is 8. The summed E-state index contributed by atoms with van der Waals surface area (Å²) in [6, 6.07) is 15.5. The SMILES string of the molecule is CCOc1cccc(C(CC(=O)O)NC(=O)OCc2ccccc2)c1. The van der Waals surface area contributed by atoms with Gasteiger partial charge in [0.2, 0.25) is 0 Å². The molecular formula is C19H21NO5. The first-order valence-electron chi connectivity index (χ1n) is 8.00. The van der Waals surface area contributed by atoms with Crippen LogP contribution in [0.4, 0.5) is 4.79 Å². The molecule has 0 saturated carbocycles. The van der Waals surface area contributed by atoms with Crippen molar-refractivity contribution in [2.75, 3.05) is 6.61 Å². The minimum atomic E-state index is -1.02. The van der Waals surface area contributed by atoms with Crippen LogP contribution in [-0.2, 0) is 16.1 Å². The van der Waals surface area contributed by atoms with Gasteiger partial charge in [0.1, 0.15) is 12.4 Å². The fourth-order valence-electron chi connectivity index (χ4n) is 2.32.